The number of halogens is 2. The highest BCUT2D eigenvalue weighted by Crippen LogP contribution is 2.36. The van der Waals surface area contributed by atoms with Gasteiger partial charge < -0.3 is 10.4 Å². The summed E-state index contributed by atoms with van der Waals surface area (Å²) in [6.07, 6.45) is 3.53. The van der Waals surface area contributed by atoms with Gasteiger partial charge in [0.25, 0.3) is 0 Å². The smallest absolute Gasteiger partial charge is 0.133 e. The normalized spacial score (nSPS) is 18.1. The number of unbranched alkanes of at least 4 members (excludes halogenated alkanes) is 1. The second kappa shape index (κ2) is 8.14. The minimum absolute atomic E-state index is 0.347. The number of phenols is 1. The van der Waals surface area contributed by atoms with Crippen molar-refractivity contribution in [3.05, 3.63) is 24.8 Å². The predicted molar refractivity (Wildman–Crippen MR) is 100 cm³/mol. The summed E-state index contributed by atoms with van der Waals surface area (Å²) in [5.74, 6) is 0.477. The molecule has 0 spiro atoms. The van der Waals surface area contributed by atoms with Gasteiger partial charge in [-0.3, -0.25) is 4.90 Å². The molecule has 0 saturated carbocycles. The molecule has 1 heterocycles. The fraction of sp³-hybridized carbons (Fsp3) is 0.600. The molecule has 1 atom stereocenters. The van der Waals surface area contributed by atoms with E-state index in [9.17, 15) is 5.11 Å². The Balaban J connectivity index is 2.29. The number of hydrogen-bond acceptors (Lipinski definition) is 3. The van der Waals surface area contributed by atoms with Crippen molar-refractivity contribution in [1.82, 2.24) is 10.2 Å². The summed E-state index contributed by atoms with van der Waals surface area (Å²) in [5, 5.41) is 13.9. The van der Waals surface area contributed by atoms with Gasteiger partial charge in [-0.15, -0.1) is 0 Å². The molecule has 0 aliphatic carbocycles. The van der Waals surface area contributed by atoms with Crippen molar-refractivity contribution in [2.45, 2.75) is 32.2 Å². The molecule has 0 radical (unpaired) electrons. The molecule has 1 aliphatic heterocycles. The van der Waals surface area contributed by atoms with Crippen molar-refractivity contribution in [3.8, 4) is 5.75 Å². The Morgan fingerprint density at radius 1 is 1.30 bits per heavy atom. The van der Waals surface area contributed by atoms with Crippen molar-refractivity contribution in [2.24, 2.45) is 0 Å². The first kappa shape index (κ1) is 16.8. The Kier molecular flexibility index (Phi) is 6.83. The molecule has 0 aromatic heterocycles. The molecule has 2 N–H and O–H groups in total. The highest BCUT2D eigenvalue weighted by molar-refractivity contribution is 14.1. The standard InChI is InChI=1S/C15H22I2N2O/c1-2-3-4-14(19-7-5-18-6-8-19)12-9-11(16)10-13(17)15(12)20/h9-10,14,18,20H,2-8H2,1H3/t14-/m1/s1. The summed E-state index contributed by atoms with van der Waals surface area (Å²) in [4.78, 5) is 2.52. The lowest BCUT2D eigenvalue weighted by atomic mass is 9.98. The number of phenolic OH excluding ortho intramolecular Hbond substituents is 1. The minimum atomic E-state index is 0.347. The van der Waals surface area contributed by atoms with Gasteiger partial charge in [-0.2, -0.15) is 0 Å². The lowest BCUT2D eigenvalue weighted by Gasteiger charge is -2.35. The van der Waals surface area contributed by atoms with Crippen LogP contribution in [0.15, 0.2) is 12.1 Å². The van der Waals surface area contributed by atoms with Crippen LogP contribution < -0.4 is 5.32 Å². The molecule has 2 rings (SSSR count). The van der Waals surface area contributed by atoms with E-state index in [1.807, 2.05) is 6.07 Å². The van der Waals surface area contributed by atoms with Crippen LogP contribution in [0.25, 0.3) is 0 Å². The van der Waals surface area contributed by atoms with Gasteiger partial charge in [-0.05, 0) is 63.7 Å². The first-order valence-electron chi connectivity index (χ1n) is 7.26. The van der Waals surface area contributed by atoms with Crippen LogP contribution in [0.5, 0.6) is 5.75 Å². The van der Waals surface area contributed by atoms with E-state index in [0.29, 0.717) is 11.8 Å². The van der Waals surface area contributed by atoms with Gasteiger partial charge in [-0.25, -0.2) is 0 Å². The Morgan fingerprint density at radius 3 is 2.65 bits per heavy atom. The van der Waals surface area contributed by atoms with Crippen molar-refractivity contribution < 1.29 is 5.11 Å². The summed E-state index contributed by atoms with van der Waals surface area (Å²) in [5.41, 5.74) is 1.11. The van der Waals surface area contributed by atoms with E-state index in [0.717, 1.165) is 41.7 Å². The van der Waals surface area contributed by atoms with Gasteiger partial charge in [0.15, 0.2) is 0 Å². The molecule has 3 nitrogen and oxygen atoms in total. The maximum Gasteiger partial charge on any atom is 0.133 e. The van der Waals surface area contributed by atoms with Crippen molar-refractivity contribution in [2.75, 3.05) is 26.2 Å². The molecule has 1 aromatic rings. The number of rotatable bonds is 5. The van der Waals surface area contributed by atoms with Crippen LogP contribution in [-0.2, 0) is 0 Å². The number of piperazine rings is 1. The average Bonchev–Trinajstić information content (AvgIpc) is 2.45. The molecule has 1 fully saturated rings. The Morgan fingerprint density at radius 2 is 2.00 bits per heavy atom. The van der Waals surface area contributed by atoms with E-state index >= 15 is 0 Å². The van der Waals surface area contributed by atoms with Gasteiger partial charge in [-0.1, -0.05) is 19.8 Å². The summed E-state index contributed by atoms with van der Waals surface area (Å²) in [6.45, 7) is 6.45. The van der Waals surface area contributed by atoms with Crippen LogP contribution in [0.1, 0.15) is 37.8 Å². The highest BCUT2D eigenvalue weighted by atomic mass is 127. The van der Waals surface area contributed by atoms with Gasteiger partial charge in [0.2, 0.25) is 0 Å². The molecule has 20 heavy (non-hydrogen) atoms. The number of aromatic hydroxyl groups is 1. The third-order valence-electron chi connectivity index (χ3n) is 3.84. The molecular formula is C15H22I2N2O. The van der Waals surface area contributed by atoms with E-state index < -0.39 is 0 Å². The maximum atomic E-state index is 10.5. The van der Waals surface area contributed by atoms with E-state index in [2.05, 4.69) is 68.4 Å². The Bertz CT molecular complexity index is 448. The fourth-order valence-electron chi connectivity index (χ4n) is 2.77. The van der Waals surface area contributed by atoms with E-state index in [1.165, 1.54) is 16.4 Å². The van der Waals surface area contributed by atoms with Crippen LogP contribution in [-0.4, -0.2) is 36.2 Å². The third-order valence-corrected chi connectivity index (χ3v) is 5.29. The first-order chi connectivity index (χ1) is 9.63. The lowest BCUT2D eigenvalue weighted by molar-refractivity contribution is 0.160. The van der Waals surface area contributed by atoms with Crippen molar-refractivity contribution in [3.63, 3.8) is 0 Å². The molecule has 0 bridgehead atoms. The zero-order valence-corrected chi connectivity index (χ0v) is 16.1. The molecular weight excluding hydrogens is 478 g/mol. The SMILES string of the molecule is CCCC[C@H](c1cc(I)cc(I)c1O)N1CCNCC1. The van der Waals surface area contributed by atoms with Crippen molar-refractivity contribution in [1.29, 1.82) is 0 Å². The predicted octanol–water partition coefficient (Wildman–Crippen LogP) is 3.74. The van der Waals surface area contributed by atoms with Gasteiger partial charge >= 0.3 is 0 Å². The second-order valence-electron chi connectivity index (χ2n) is 5.27. The van der Waals surface area contributed by atoms with Crippen LogP contribution in [0, 0.1) is 7.14 Å². The molecule has 112 valence electrons. The number of nitrogens with one attached hydrogen (secondary N) is 1. The van der Waals surface area contributed by atoms with E-state index in [-0.39, 0.29) is 0 Å². The molecule has 1 saturated heterocycles. The third kappa shape index (κ3) is 4.20. The Labute approximate surface area is 148 Å². The van der Waals surface area contributed by atoms with Crippen LogP contribution >= 0.6 is 45.2 Å². The summed E-state index contributed by atoms with van der Waals surface area (Å²) >= 11 is 4.57. The fourth-order valence-corrected chi connectivity index (χ4v) is 4.66. The molecule has 1 aromatic carbocycles. The quantitative estimate of drug-likeness (QED) is 0.606. The molecule has 0 amide bonds. The van der Waals surface area contributed by atoms with Gasteiger partial charge in [0.1, 0.15) is 5.75 Å². The number of nitrogens with zero attached hydrogens (tertiary/aromatic N) is 1. The Hall–Kier alpha value is 0.400. The summed E-state index contributed by atoms with van der Waals surface area (Å²) < 4.78 is 2.16. The van der Waals surface area contributed by atoms with E-state index in [1.54, 1.807) is 0 Å². The largest absolute Gasteiger partial charge is 0.506 e. The minimum Gasteiger partial charge on any atom is -0.506 e. The van der Waals surface area contributed by atoms with Crippen LogP contribution in [0.4, 0.5) is 0 Å². The van der Waals surface area contributed by atoms with E-state index in [4.69, 9.17) is 0 Å². The number of benzene rings is 1. The summed E-state index contributed by atoms with van der Waals surface area (Å²) in [7, 11) is 0. The topological polar surface area (TPSA) is 35.5 Å². The second-order valence-corrected chi connectivity index (χ2v) is 7.68. The highest BCUT2D eigenvalue weighted by Gasteiger charge is 2.25. The zero-order chi connectivity index (χ0) is 14.5. The molecule has 0 unspecified atom stereocenters. The summed E-state index contributed by atoms with van der Waals surface area (Å²) in [6, 6.07) is 4.54. The van der Waals surface area contributed by atoms with Gasteiger partial charge in [0.05, 0.1) is 3.57 Å². The van der Waals surface area contributed by atoms with Crippen LogP contribution in [0.2, 0.25) is 0 Å². The van der Waals surface area contributed by atoms with Crippen LogP contribution in [0.3, 0.4) is 0 Å². The number of hydrogen-bond donors (Lipinski definition) is 2. The first-order valence-corrected chi connectivity index (χ1v) is 9.42. The van der Waals surface area contributed by atoms with Gasteiger partial charge in [0, 0.05) is 41.4 Å². The molecule has 1 aliphatic rings. The monoisotopic (exact) mass is 500 g/mol. The zero-order valence-electron chi connectivity index (χ0n) is 11.8. The average molecular weight is 500 g/mol. The molecule has 5 heteroatoms. The van der Waals surface area contributed by atoms with Crippen molar-refractivity contribution >= 4 is 45.2 Å². The maximum absolute atomic E-state index is 10.5. The lowest BCUT2D eigenvalue weighted by Crippen LogP contribution is -2.45.